The molecule has 0 radical (unpaired) electrons. The summed E-state index contributed by atoms with van der Waals surface area (Å²) in [6, 6.07) is 13.1. The van der Waals surface area contributed by atoms with E-state index in [9.17, 15) is 0 Å². The third-order valence-corrected chi connectivity index (χ3v) is 3.15. The maximum absolute atomic E-state index is 8.70. The molecule has 0 aromatic heterocycles. The van der Waals surface area contributed by atoms with E-state index in [0.717, 1.165) is 22.6 Å². The first-order chi connectivity index (χ1) is 10.1. The fraction of sp³-hybridized carbons (Fsp3) is 0.188. The van der Waals surface area contributed by atoms with E-state index in [1.165, 1.54) is 0 Å². The summed E-state index contributed by atoms with van der Waals surface area (Å²) in [5.74, 6) is 1.64. The van der Waals surface area contributed by atoms with Crippen molar-refractivity contribution in [2.45, 2.75) is 13.5 Å². The fourth-order valence-corrected chi connectivity index (χ4v) is 1.96. The average Bonchev–Trinajstić information content (AvgIpc) is 2.52. The maximum atomic E-state index is 8.70. The van der Waals surface area contributed by atoms with Crippen LogP contribution < -0.4 is 15.2 Å². The van der Waals surface area contributed by atoms with Gasteiger partial charge in [0.2, 0.25) is 0 Å². The molecule has 0 unspecified atom stereocenters. The molecule has 0 fully saturated rings. The lowest BCUT2D eigenvalue weighted by Gasteiger charge is -2.10. The first-order valence-corrected chi connectivity index (χ1v) is 6.48. The number of benzene rings is 2. The standard InChI is InChI=1S/C16H18N2O3/c1-11-9-14(7-8-15(11)16(17)18-19)21-10-12-3-5-13(20-2)6-4-12/h3-9,19H,10H2,1-2H3,(H2,17,18). The van der Waals surface area contributed by atoms with E-state index in [1.54, 1.807) is 19.2 Å². The number of methoxy groups -OCH3 is 1. The van der Waals surface area contributed by atoms with Gasteiger partial charge in [-0.1, -0.05) is 17.3 Å². The molecule has 5 heteroatoms. The van der Waals surface area contributed by atoms with Crippen LogP contribution in [0.1, 0.15) is 16.7 Å². The third kappa shape index (κ3) is 3.66. The van der Waals surface area contributed by atoms with Gasteiger partial charge in [-0.05, 0) is 48.4 Å². The SMILES string of the molecule is COc1ccc(COc2ccc(/C(N)=N/O)c(C)c2)cc1. The second-order valence-electron chi connectivity index (χ2n) is 4.60. The van der Waals surface area contributed by atoms with Crippen molar-refractivity contribution in [1.29, 1.82) is 0 Å². The molecular formula is C16H18N2O3. The molecule has 110 valence electrons. The average molecular weight is 286 g/mol. The molecule has 2 aromatic carbocycles. The van der Waals surface area contributed by atoms with Gasteiger partial charge in [0.05, 0.1) is 7.11 Å². The number of nitrogens with two attached hydrogens (primary N) is 1. The number of nitrogens with zero attached hydrogens (tertiary/aromatic N) is 1. The van der Waals surface area contributed by atoms with E-state index in [1.807, 2.05) is 37.3 Å². The molecule has 2 rings (SSSR count). The van der Waals surface area contributed by atoms with Crippen LogP contribution in [-0.2, 0) is 6.61 Å². The topological polar surface area (TPSA) is 77.1 Å². The van der Waals surface area contributed by atoms with E-state index in [4.69, 9.17) is 20.4 Å². The van der Waals surface area contributed by atoms with Gasteiger partial charge in [-0.25, -0.2) is 0 Å². The molecule has 0 heterocycles. The molecule has 0 atom stereocenters. The number of amidine groups is 1. The zero-order valence-corrected chi connectivity index (χ0v) is 12.0. The predicted molar refractivity (Wildman–Crippen MR) is 81.0 cm³/mol. The number of rotatable bonds is 5. The Labute approximate surface area is 123 Å². The highest BCUT2D eigenvalue weighted by molar-refractivity contribution is 5.98. The van der Waals surface area contributed by atoms with Crippen LogP contribution in [0.2, 0.25) is 0 Å². The van der Waals surface area contributed by atoms with Crippen LogP contribution in [0.3, 0.4) is 0 Å². The zero-order valence-electron chi connectivity index (χ0n) is 12.0. The van der Waals surface area contributed by atoms with Crippen LogP contribution in [0, 0.1) is 6.92 Å². The van der Waals surface area contributed by atoms with Crippen molar-refractivity contribution < 1.29 is 14.7 Å². The molecule has 2 aromatic rings. The minimum atomic E-state index is 0.0919. The van der Waals surface area contributed by atoms with Gasteiger partial charge < -0.3 is 20.4 Å². The minimum absolute atomic E-state index is 0.0919. The Morgan fingerprint density at radius 2 is 1.81 bits per heavy atom. The van der Waals surface area contributed by atoms with E-state index in [0.29, 0.717) is 12.2 Å². The molecule has 0 bridgehead atoms. The van der Waals surface area contributed by atoms with E-state index in [2.05, 4.69) is 5.16 Å². The largest absolute Gasteiger partial charge is 0.497 e. The molecule has 0 saturated carbocycles. The van der Waals surface area contributed by atoms with Gasteiger partial charge in [0.25, 0.3) is 0 Å². The number of oxime groups is 1. The summed E-state index contributed by atoms with van der Waals surface area (Å²) < 4.78 is 10.8. The normalized spacial score (nSPS) is 11.2. The second-order valence-corrected chi connectivity index (χ2v) is 4.60. The smallest absolute Gasteiger partial charge is 0.170 e. The van der Waals surface area contributed by atoms with Crippen LogP contribution in [0.15, 0.2) is 47.6 Å². The number of hydrogen-bond donors (Lipinski definition) is 2. The van der Waals surface area contributed by atoms with Gasteiger partial charge in [0, 0.05) is 5.56 Å². The summed E-state index contributed by atoms with van der Waals surface area (Å²) in [5, 5.41) is 11.7. The van der Waals surface area contributed by atoms with Gasteiger partial charge in [-0.15, -0.1) is 0 Å². The van der Waals surface area contributed by atoms with Crippen LogP contribution in [0.5, 0.6) is 11.5 Å². The Bertz CT molecular complexity index is 636. The van der Waals surface area contributed by atoms with Crippen molar-refractivity contribution in [1.82, 2.24) is 0 Å². The minimum Gasteiger partial charge on any atom is -0.497 e. The van der Waals surface area contributed by atoms with Gasteiger partial charge in [-0.3, -0.25) is 0 Å². The Morgan fingerprint density at radius 1 is 1.14 bits per heavy atom. The zero-order chi connectivity index (χ0) is 15.2. The van der Waals surface area contributed by atoms with Crippen molar-refractivity contribution in [3.05, 3.63) is 59.2 Å². The Kier molecular flexibility index (Phi) is 4.66. The van der Waals surface area contributed by atoms with Gasteiger partial charge in [-0.2, -0.15) is 0 Å². The summed E-state index contributed by atoms with van der Waals surface area (Å²) in [6.45, 7) is 2.35. The summed E-state index contributed by atoms with van der Waals surface area (Å²) in [4.78, 5) is 0. The van der Waals surface area contributed by atoms with Crippen LogP contribution >= 0.6 is 0 Å². The molecule has 0 aliphatic heterocycles. The second kappa shape index (κ2) is 6.65. The first-order valence-electron chi connectivity index (χ1n) is 6.48. The monoisotopic (exact) mass is 286 g/mol. The number of hydrogen-bond acceptors (Lipinski definition) is 4. The van der Waals surface area contributed by atoms with E-state index >= 15 is 0 Å². The van der Waals surface area contributed by atoms with Crippen LogP contribution in [0.4, 0.5) is 0 Å². The third-order valence-electron chi connectivity index (χ3n) is 3.15. The maximum Gasteiger partial charge on any atom is 0.170 e. The summed E-state index contributed by atoms with van der Waals surface area (Å²) >= 11 is 0. The van der Waals surface area contributed by atoms with Crippen molar-refractivity contribution in [2.24, 2.45) is 10.9 Å². The van der Waals surface area contributed by atoms with Gasteiger partial charge in [0.15, 0.2) is 5.84 Å². The summed E-state index contributed by atoms with van der Waals surface area (Å²) in [6.07, 6.45) is 0. The molecule has 0 saturated heterocycles. The van der Waals surface area contributed by atoms with Crippen LogP contribution in [-0.4, -0.2) is 18.2 Å². The molecule has 21 heavy (non-hydrogen) atoms. The highest BCUT2D eigenvalue weighted by atomic mass is 16.5. The lowest BCUT2D eigenvalue weighted by Crippen LogP contribution is -2.14. The Balaban J connectivity index is 2.04. The fourth-order valence-electron chi connectivity index (χ4n) is 1.96. The lowest BCUT2D eigenvalue weighted by molar-refractivity contribution is 0.305. The van der Waals surface area contributed by atoms with Crippen molar-refractivity contribution in [3.63, 3.8) is 0 Å². The summed E-state index contributed by atoms with van der Waals surface area (Å²) in [7, 11) is 1.64. The predicted octanol–water partition coefficient (Wildman–Crippen LogP) is 2.68. The van der Waals surface area contributed by atoms with Gasteiger partial charge >= 0.3 is 0 Å². The highest BCUT2D eigenvalue weighted by Crippen LogP contribution is 2.19. The van der Waals surface area contributed by atoms with E-state index in [-0.39, 0.29) is 5.84 Å². The van der Waals surface area contributed by atoms with Crippen molar-refractivity contribution >= 4 is 5.84 Å². The van der Waals surface area contributed by atoms with Crippen molar-refractivity contribution in [2.75, 3.05) is 7.11 Å². The lowest BCUT2D eigenvalue weighted by atomic mass is 10.1. The van der Waals surface area contributed by atoms with E-state index < -0.39 is 0 Å². The Morgan fingerprint density at radius 3 is 2.38 bits per heavy atom. The molecule has 0 amide bonds. The quantitative estimate of drug-likeness (QED) is 0.383. The molecule has 3 N–H and O–H groups in total. The molecular weight excluding hydrogens is 268 g/mol. The summed E-state index contributed by atoms with van der Waals surface area (Å²) in [5.41, 5.74) is 8.21. The molecule has 0 aliphatic rings. The molecule has 0 aliphatic carbocycles. The number of aryl methyl sites for hydroxylation is 1. The van der Waals surface area contributed by atoms with Crippen molar-refractivity contribution in [3.8, 4) is 11.5 Å². The number of ether oxygens (including phenoxy) is 2. The Hall–Kier alpha value is -2.69. The molecule has 0 spiro atoms. The van der Waals surface area contributed by atoms with Gasteiger partial charge in [0.1, 0.15) is 18.1 Å². The molecule has 5 nitrogen and oxygen atoms in total. The first kappa shape index (κ1) is 14.7. The van der Waals surface area contributed by atoms with Crippen LogP contribution in [0.25, 0.3) is 0 Å². The highest BCUT2D eigenvalue weighted by Gasteiger charge is 2.05.